The van der Waals surface area contributed by atoms with Gasteiger partial charge in [-0.3, -0.25) is 4.79 Å². The van der Waals surface area contributed by atoms with E-state index in [1.54, 1.807) is 28.4 Å². The number of hydrogen-bond donors (Lipinski definition) is 1. The van der Waals surface area contributed by atoms with Crippen LogP contribution in [0.5, 0.6) is 0 Å². The van der Waals surface area contributed by atoms with Crippen molar-refractivity contribution in [2.24, 2.45) is 5.14 Å². The Bertz CT molecular complexity index is 1250. The van der Waals surface area contributed by atoms with E-state index in [0.717, 1.165) is 32.1 Å². The minimum Gasteiger partial charge on any atom is -0.311 e. The molecule has 2 N–H and O–H groups in total. The maximum Gasteiger partial charge on any atom is 0.238 e. The number of fused-ring (bicyclic) bond motifs is 2. The number of amides is 1. The summed E-state index contributed by atoms with van der Waals surface area (Å²) in [5.41, 5.74) is 2.72. The molecule has 0 bridgehead atoms. The highest BCUT2D eigenvalue weighted by Gasteiger charge is 2.26. The molecule has 1 aliphatic rings. The average Bonchev–Trinajstić information content (AvgIpc) is 3.19. The Morgan fingerprint density at radius 3 is 2.76 bits per heavy atom. The van der Waals surface area contributed by atoms with E-state index in [-0.39, 0.29) is 16.6 Å². The summed E-state index contributed by atoms with van der Waals surface area (Å²) < 4.78 is 23.1. The number of aromatic nitrogens is 2. The van der Waals surface area contributed by atoms with E-state index in [9.17, 15) is 13.2 Å². The molecule has 1 amide bonds. The van der Waals surface area contributed by atoms with Crippen molar-refractivity contribution in [3.8, 4) is 0 Å². The van der Waals surface area contributed by atoms with Crippen molar-refractivity contribution in [3.05, 3.63) is 40.0 Å². The standard InChI is InChI=1S/C19H20N4O3S3/c1-10-11(2)28-19-17(10)18(21-12(3)22-19)27-9-16(24)23-7-6-13-8-14(29(20,25)26)4-5-15(13)23/h4-5,8H,6-7,9H2,1-3H3,(H2,20,25,26). The second kappa shape index (κ2) is 7.35. The number of carbonyl (C=O) groups excluding carboxylic acids is 1. The van der Waals surface area contributed by atoms with Crippen LogP contribution in [0, 0.1) is 20.8 Å². The van der Waals surface area contributed by atoms with Crippen molar-refractivity contribution < 1.29 is 13.2 Å². The highest BCUT2D eigenvalue weighted by molar-refractivity contribution is 8.00. The van der Waals surface area contributed by atoms with Crippen LogP contribution in [0.25, 0.3) is 10.2 Å². The lowest BCUT2D eigenvalue weighted by Gasteiger charge is -2.17. The number of thioether (sulfide) groups is 1. The van der Waals surface area contributed by atoms with Gasteiger partial charge in [0.05, 0.1) is 10.6 Å². The zero-order chi connectivity index (χ0) is 20.9. The SMILES string of the molecule is Cc1nc(SCC(=O)N2CCc3cc(S(N)(=O)=O)ccc32)c2c(C)c(C)sc2n1. The van der Waals surface area contributed by atoms with E-state index >= 15 is 0 Å². The first-order valence-corrected chi connectivity index (χ1v) is 12.3. The summed E-state index contributed by atoms with van der Waals surface area (Å²) in [5, 5.41) is 7.06. The smallest absolute Gasteiger partial charge is 0.238 e. The maximum absolute atomic E-state index is 12.9. The quantitative estimate of drug-likeness (QED) is 0.486. The Hall–Kier alpha value is -2.01. The average molecular weight is 449 g/mol. The molecule has 0 saturated heterocycles. The molecule has 0 radical (unpaired) electrons. The van der Waals surface area contributed by atoms with Gasteiger partial charge in [0.15, 0.2) is 0 Å². The monoisotopic (exact) mass is 448 g/mol. The van der Waals surface area contributed by atoms with Crippen LogP contribution in [0.15, 0.2) is 28.1 Å². The topological polar surface area (TPSA) is 106 Å². The Morgan fingerprint density at radius 1 is 1.28 bits per heavy atom. The molecule has 0 unspecified atom stereocenters. The molecule has 0 aliphatic carbocycles. The Kier molecular flexibility index (Phi) is 5.14. The lowest BCUT2D eigenvalue weighted by Crippen LogP contribution is -2.30. The summed E-state index contributed by atoms with van der Waals surface area (Å²) in [6, 6.07) is 4.66. The fraction of sp³-hybridized carbons (Fsp3) is 0.316. The van der Waals surface area contributed by atoms with Gasteiger partial charge in [-0.25, -0.2) is 23.5 Å². The van der Waals surface area contributed by atoms with Gasteiger partial charge in [-0.1, -0.05) is 11.8 Å². The first-order chi connectivity index (χ1) is 13.6. The van der Waals surface area contributed by atoms with E-state index in [2.05, 4.69) is 23.8 Å². The van der Waals surface area contributed by atoms with E-state index in [1.165, 1.54) is 22.7 Å². The molecule has 0 saturated carbocycles. The molecule has 0 atom stereocenters. The highest BCUT2D eigenvalue weighted by Crippen LogP contribution is 2.36. The first kappa shape index (κ1) is 20.3. The van der Waals surface area contributed by atoms with Crippen molar-refractivity contribution in [1.82, 2.24) is 9.97 Å². The van der Waals surface area contributed by atoms with Gasteiger partial charge in [-0.2, -0.15) is 0 Å². The van der Waals surface area contributed by atoms with Crippen LogP contribution >= 0.6 is 23.1 Å². The van der Waals surface area contributed by atoms with Crippen molar-refractivity contribution >= 4 is 54.9 Å². The van der Waals surface area contributed by atoms with E-state index in [1.807, 2.05) is 6.92 Å². The maximum atomic E-state index is 12.9. The highest BCUT2D eigenvalue weighted by atomic mass is 32.2. The summed E-state index contributed by atoms with van der Waals surface area (Å²) in [7, 11) is -3.76. The summed E-state index contributed by atoms with van der Waals surface area (Å²) in [5.74, 6) is 0.901. The largest absolute Gasteiger partial charge is 0.311 e. The normalized spacial score (nSPS) is 13.9. The molecule has 0 fully saturated rings. The predicted molar refractivity (Wildman–Crippen MR) is 116 cm³/mol. The number of aryl methyl sites for hydroxylation is 3. The van der Waals surface area contributed by atoms with Crippen LogP contribution in [-0.2, 0) is 21.2 Å². The van der Waals surface area contributed by atoms with E-state index in [4.69, 9.17) is 5.14 Å². The minimum atomic E-state index is -3.76. The molecule has 29 heavy (non-hydrogen) atoms. The second-order valence-electron chi connectivity index (χ2n) is 6.96. The molecule has 4 rings (SSSR count). The number of primary sulfonamides is 1. The third-order valence-electron chi connectivity index (χ3n) is 5.02. The third-order valence-corrected chi connectivity index (χ3v) is 7.99. The fourth-order valence-corrected chi connectivity index (χ4v) is 6.15. The van der Waals surface area contributed by atoms with Gasteiger partial charge >= 0.3 is 0 Å². The molecule has 0 spiro atoms. The van der Waals surface area contributed by atoms with Gasteiger partial charge in [-0.15, -0.1) is 11.3 Å². The van der Waals surface area contributed by atoms with Gasteiger partial charge in [0.1, 0.15) is 15.7 Å². The van der Waals surface area contributed by atoms with Crippen molar-refractivity contribution in [2.75, 3.05) is 17.2 Å². The Labute approximate surface area is 177 Å². The number of anilines is 1. The van der Waals surface area contributed by atoms with Gasteiger partial charge in [0.25, 0.3) is 0 Å². The molecular weight excluding hydrogens is 428 g/mol. The Morgan fingerprint density at radius 2 is 2.03 bits per heavy atom. The summed E-state index contributed by atoms with van der Waals surface area (Å²) >= 11 is 3.06. The number of thiophene rings is 1. The molecular formula is C19H20N4O3S3. The number of rotatable bonds is 4. The molecule has 1 aromatic carbocycles. The zero-order valence-corrected chi connectivity index (χ0v) is 18.7. The van der Waals surface area contributed by atoms with Crippen molar-refractivity contribution in [2.45, 2.75) is 37.1 Å². The van der Waals surface area contributed by atoms with E-state index in [0.29, 0.717) is 18.8 Å². The number of benzene rings is 1. The zero-order valence-electron chi connectivity index (χ0n) is 16.2. The Balaban J connectivity index is 1.56. The van der Waals surface area contributed by atoms with Gasteiger partial charge in [-0.05, 0) is 56.5 Å². The number of sulfonamides is 1. The second-order valence-corrected chi connectivity index (χ2v) is 10.7. The molecule has 152 valence electrons. The molecule has 3 heterocycles. The van der Waals surface area contributed by atoms with Crippen LogP contribution in [0.1, 0.15) is 21.8 Å². The van der Waals surface area contributed by atoms with Gasteiger partial charge < -0.3 is 4.90 Å². The first-order valence-electron chi connectivity index (χ1n) is 8.98. The number of hydrogen-bond acceptors (Lipinski definition) is 7. The fourth-order valence-electron chi connectivity index (χ4n) is 3.44. The lowest BCUT2D eigenvalue weighted by molar-refractivity contribution is -0.116. The van der Waals surface area contributed by atoms with Crippen LogP contribution in [0.3, 0.4) is 0 Å². The number of nitrogens with two attached hydrogens (primary N) is 1. The summed E-state index contributed by atoms with van der Waals surface area (Å²) in [6.45, 7) is 6.50. The summed E-state index contributed by atoms with van der Waals surface area (Å²) in [6.07, 6.45) is 0.606. The van der Waals surface area contributed by atoms with Crippen LogP contribution in [-0.4, -0.2) is 36.6 Å². The van der Waals surface area contributed by atoms with Crippen LogP contribution in [0.4, 0.5) is 5.69 Å². The molecule has 2 aromatic heterocycles. The van der Waals surface area contributed by atoms with Crippen LogP contribution in [0.2, 0.25) is 0 Å². The summed E-state index contributed by atoms with van der Waals surface area (Å²) in [4.78, 5) is 25.9. The molecule has 7 nitrogen and oxygen atoms in total. The number of carbonyl (C=O) groups is 1. The molecule has 10 heteroatoms. The van der Waals surface area contributed by atoms with E-state index < -0.39 is 10.0 Å². The molecule has 1 aliphatic heterocycles. The van der Waals surface area contributed by atoms with Crippen molar-refractivity contribution in [3.63, 3.8) is 0 Å². The van der Waals surface area contributed by atoms with Crippen molar-refractivity contribution in [1.29, 1.82) is 0 Å². The third kappa shape index (κ3) is 3.77. The van der Waals surface area contributed by atoms with Crippen LogP contribution < -0.4 is 10.0 Å². The molecule has 3 aromatic rings. The minimum absolute atomic E-state index is 0.0360. The van der Waals surface area contributed by atoms with Gasteiger partial charge in [0, 0.05) is 22.5 Å². The number of nitrogens with zero attached hydrogens (tertiary/aromatic N) is 3. The predicted octanol–water partition coefficient (Wildman–Crippen LogP) is 2.95. The van der Waals surface area contributed by atoms with Gasteiger partial charge in [0.2, 0.25) is 15.9 Å². The lowest BCUT2D eigenvalue weighted by atomic mass is 10.2.